The van der Waals surface area contributed by atoms with Crippen LogP contribution in [0.25, 0.3) is 0 Å². The normalized spacial score (nSPS) is 20.3. The summed E-state index contributed by atoms with van der Waals surface area (Å²) in [6, 6.07) is 14.6. The summed E-state index contributed by atoms with van der Waals surface area (Å²) < 4.78 is 11.3. The lowest BCUT2D eigenvalue weighted by Gasteiger charge is -2.35. The molecule has 2 aromatic rings. The zero-order valence-electron chi connectivity index (χ0n) is 16.1. The van der Waals surface area contributed by atoms with Crippen molar-refractivity contribution < 1.29 is 24.2 Å². The quantitative estimate of drug-likeness (QED) is 0.785. The Labute approximate surface area is 168 Å². The maximum atomic E-state index is 13.2. The van der Waals surface area contributed by atoms with Gasteiger partial charge >= 0.3 is 0 Å². The van der Waals surface area contributed by atoms with E-state index in [2.05, 4.69) is 4.99 Å². The van der Waals surface area contributed by atoms with Gasteiger partial charge in [0.05, 0.1) is 12.3 Å². The van der Waals surface area contributed by atoms with E-state index in [1.165, 1.54) is 11.8 Å². The van der Waals surface area contributed by atoms with E-state index in [0.29, 0.717) is 36.8 Å². The lowest BCUT2D eigenvalue weighted by molar-refractivity contribution is -0.129. The lowest BCUT2D eigenvalue weighted by Crippen LogP contribution is -2.55. The average Bonchev–Trinajstić information content (AvgIpc) is 3.14. The second kappa shape index (κ2) is 7.67. The zero-order chi connectivity index (χ0) is 20.4. The number of aliphatic imine (C=N–C) groups is 1. The fourth-order valence-electron chi connectivity index (χ4n) is 3.64. The molecule has 0 fully saturated rings. The minimum atomic E-state index is -1.13. The van der Waals surface area contributed by atoms with E-state index in [9.17, 15) is 9.59 Å². The molecule has 0 unspecified atom stereocenters. The predicted molar refractivity (Wildman–Crippen MR) is 107 cm³/mol. The van der Waals surface area contributed by atoms with Crippen LogP contribution in [-0.4, -0.2) is 48.2 Å². The molecule has 7 nitrogen and oxygen atoms in total. The van der Waals surface area contributed by atoms with Crippen LogP contribution in [-0.2, 0) is 20.7 Å². The molecule has 0 aliphatic carbocycles. The van der Waals surface area contributed by atoms with E-state index in [4.69, 9.17) is 14.6 Å². The topological polar surface area (TPSA) is 88.4 Å². The number of benzene rings is 2. The molecule has 2 aliphatic rings. The highest BCUT2D eigenvalue weighted by atomic mass is 16.5. The maximum absolute atomic E-state index is 13.2. The van der Waals surface area contributed by atoms with Gasteiger partial charge in [-0.25, -0.2) is 9.89 Å². The Morgan fingerprint density at radius 2 is 2.00 bits per heavy atom. The molecule has 4 rings (SSSR count). The lowest BCUT2D eigenvalue weighted by atomic mass is 9.85. The summed E-state index contributed by atoms with van der Waals surface area (Å²) in [5.74, 6) is 0.362. The number of hydrogen-bond acceptors (Lipinski definition) is 6. The molecule has 1 atom stereocenters. The Balaban J connectivity index is 1.62. The molecule has 0 saturated carbocycles. The number of aliphatic hydroxyl groups excluding tert-OH is 1. The van der Waals surface area contributed by atoms with Crippen LogP contribution in [0.2, 0.25) is 0 Å². The molecule has 150 valence electrons. The number of imide groups is 1. The van der Waals surface area contributed by atoms with E-state index in [1.807, 2.05) is 30.3 Å². The standard InChI is InChI=1S/C22H22N2O5/c1-15(26)24-19-6-3-2-5-17(19)13-22(21(24)27)14-29-20(23-22)16-7-9-18(10-8-16)28-12-4-11-25/h2-3,5-10,25H,4,11-14H2,1H3/t22-/m0/s1. The molecular weight excluding hydrogens is 372 g/mol. The number of rotatable bonds is 5. The molecule has 0 aromatic heterocycles. The summed E-state index contributed by atoms with van der Waals surface area (Å²) in [7, 11) is 0. The first-order valence-corrected chi connectivity index (χ1v) is 9.54. The SMILES string of the molecule is CC(=O)N1C(=O)[C@@]2(COC(c3ccc(OCCCO)cc3)=N2)Cc2ccccc21. The molecule has 2 aromatic carbocycles. The molecule has 0 saturated heterocycles. The van der Waals surface area contributed by atoms with Crippen molar-refractivity contribution in [3.8, 4) is 5.75 Å². The van der Waals surface area contributed by atoms with Gasteiger partial charge in [0.1, 0.15) is 12.4 Å². The van der Waals surface area contributed by atoms with Gasteiger partial charge in [0, 0.05) is 31.9 Å². The van der Waals surface area contributed by atoms with Crippen LogP contribution < -0.4 is 9.64 Å². The number of hydrogen-bond donors (Lipinski definition) is 1. The monoisotopic (exact) mass is 394 g/mol. The van der Waals surface area contributed by atoms with Crippen molar-refractivity contribution in [2.75, 3.05) is 24.7 Å². The molecule has 0 radical (unpaired) electrons. The molecule has 2 heterocycles. The van der Waals surface area contributed by atoms with Crippen molar-refractivity contribution in [2.24, 2.45) is 4.99 Å². The van der Waals surface area contributed by atoms with Gasteiger partial charge < -0.3 is 14.6 Å². The minimum absolute atomic E-state index is 0.0826. The number of carbonyl (C=O) groups is 2. The van der Waals surface area contributed by atoms with E-state index in [0.717, 1.165) is 11.1 Å². The first-order valence-electron chi connectivity index (χ1n) is 9.54. The first kappa shape index (κ1) is 19.1. The smallest absolute Gasteiger partial charge is 0.265 e. The Bertz CT molecular complexity index is 969. The number of carbonyl (C=O) groups excluding carboxylic acids is 2. The van der Waals surface area contributed by atoms with Gasteiger partial charge in [0.15, 0.2) is 5.54 Å². The third kappa shape index (κ3) is 3.49. The molecule has 1 spiro atoms. The summed E-state index contributed by atoms with van der Waals surface area (Å²) >= 11 is 0. The second-order valence-corrected chi connectivity index (χ2v) is 7.15. The van der Waals surface area contributed by atoms with Crippen molar-refractivity contribution in [3.63, 3.8) is 0 Å². The summed E-state index contributed by atoms with van der Waals surface area (Å²) in [4.78, 5) is 31.2. The number of ether oxygens (including phenoxy) is 2. The third-order valence-electron chi connectivity index (χ3n) is 5.07. The minimum Gasteiger partial charge on any atom is -0.494 e. The number of anilines is 1. The highest BCUT2D eigenvalue weighted by Crippen LogP contribution is 2.38. The van der Waals surface area contributed by atoms with Crippen molar-refractivity contribution in [1.82, 2.24) is 0 Å². The summed E-state index contributed by atoms with van der Waals surface area (Å²) in [5.41, 5.74) is 1.11. The van der Waals surface area contributed by atoms with E-state index in [1.54, 1.807) is 18.2 Å². The van der Waals surface area contributed by atoms with Gasteiger partial charge in [-0.05, 0) is 35.9 Å². The van der Waals surface area contributed by atoms with E-state index >= 15 is 0 Å². The summed E-state index contributed by atoms with van der Waals surface area (Å²) in [6.07, 6.45) is 0.952. The molecule has 2 amide bonds. The van der Waals surface area contributed by atoms with Crippen LogP contribution in [0.5, 0.6) is 5.75 Å². The average molecular weight is 394 g/mol. The van der Waals surface area contributed by atoms with Gasteiger partial charge in [-0.2, -0.15) is 0 Å². The van der Waals surface area contributed by atoms with Crippen LogP contribution in [0.3, 0.4) is 0 Å². The van der Waals surface area contributed by atoms with Gasteiger partial charge in [-0.3, -0.25) is 9.59 Å². The van der Waals surface area contributed by atoms with Gasteiger partial charge in [0.2, 0.25) is 11.8 Å². The molecular formula is C22H22N2O5. The van der Waals surface area contributed by atoms with Crippen molar-refractivity contribution in [2.45, 2.75) is 25.3 Å². The fourth-order valence-corrected chi connectivity index (χ4v) is 3.64. The highest BCUT2D eigenvalue weighted by molar-refractivity contribution is 6.20. The fraction of sp³-hybridized carbons (Fsp3) is 0.318. The van der Waals surface area contributed by atoms with Crippen LogP contribution in [0.4, 0.5) is 5.69 Å². The molecule has 2 aliphatic heterocycles. The number of para-hydroxylation sites is 1. The van der Waals surface area contributed by atoms with E-state index in [-0.39, 0.29) is 25.0 Å². The third-order valence-corrected chi connectivity index (χ3v) is 5.07. The maximum Gasteiger partial charge on any atom is 0.265 e. The van der Waals surface area contributed by atoms with Crippen molar-refractivity contribution in [1.29, 1.82) is 0 Å². The second-order valence-electron chi connectivity index (χ2n) is 7.15. The molecule has 0 bridgehead atoms. The number of amides is 2. The van der Waals surface area contributed by atoms with E-state index < -0.39 is 5.54 Å². The van der Waals surface area contributed by atoms with Gasteiger partial charge in [0.25, 0.3) is 5.91 Å². The number of nitrogens with zero attached hydrogens (tertiary/aromatic N) is 2. The van der Waals surface area contributed by atoms with Gasteiger partial charge in [-0.1, -0.05) is 18.2 Å². The first-order chi connectivity index (χ1) is 14.0. The molecule has 1 N–H and O–H groups in total. The largest absolute Gasteiger partial charge is 0.494 e. The predicted octanol–water partition coefficient (Wildman–Crippen LogP) is 2.10. The Morgan fingerprint density at radius 3 is 2.72 bits per heavy atom. The highest BCUT2D eigenvalue weighted by Gasteiger charge is 2.51. The van der Waals surface area contributed by atoms with Crippen LogP contribution >= 0.6 is 0 Å². The Hall–Kier alpha value is -3.19. The Kier molecular flexibility index (Phi) is 5.07. The zero-order valence-corrected chi connectivity index (χ0v) is 16.1. The number of aliphatic hydroxyl groups is 1. The van der Waals surface area contributed by atoms with Crippen molar-refractivity contribution in [3.05, 3.63) is 59.7 Å². The summed E-state index contributed by atoms with van der Waals surface area (Å²) in [5, 5.41) is 8.82. The van der Waals surface area contributed by atoms with Crippen LogP contribution in [0.1, 0.15) is 24.5 Å². The summed E-state index contributed by atoms with van der Waals surface area (Å²) in [6.45, 7) is 1.99. The molecule has 29 heavy (non-hydrogen) atoms. The van der Waals surface area contributed by atoms with Crippen LogP contribution in [0.15, 0.2) is 53.5 Å². The van der Waals surface area contributed by atoms with Gasteiger partial charge in [-0.15, -0.1) is 0 Å². The van der Waals surface area contributed by atoms with Crippen LogP contribution in [0, 0.1) is 0 Å². The van der Waals surface area contributed by atoms with Crippen molar-refractivity contribution >= 4 is 23.4 Å². The number of fused-ring (bicyclic) bond motifs is 1. The Morgan fingerprint density at radius 1 is 1.24 bits per heavy atom. The molecule has 7 heteroatoms.